The fourth-order valence-electron chi connectivity index (χ4n) is 1.55. The van der Waals surface area contributed by atoms with Crippen LogP contribution in [0.25, 0.3) is 0 Å². The van der Waals surface area contributed by atoms with Gasteiger partial charge < -0.3 is 14.9 Å². The average molecular weight is 239 g/mol. The second kappa shape index (κ2) is 4.63. The Morgan fingerprint density at radius 3 is 2.41 bits per heavy atom. The van der Waals surface area contributed by atoms with Crippen molar-refractivity contribution < 1.29 is 19.7 Å². The second-order valence-electron chi connectivity index (χ2n) is 4.16. The zero-order valence-electron chi connectivity index (χ0n) is 10.4. The van der Waals surface area contributed by atoms with E-state index in [2.05, 4.69) is 0 Å². The van der Waals surface area contributed by atoms with Crippen LogP contribution in [-0.2, 0) is 10.3 Å². The molecule has 17 heavy (non-hydrogen) atoms. The predicted octanol–water partition coefficient (Wildman–Crippen LogP) is 1.26. The highest BCUT2D eigenvalue weighted by atomic mass is 16.5. The fourth-order valence-corrected chi connectivity index (χ4v) is 1.55. The number of nitrogens with zero attached hydrogens (tertiary/aromatic N) is 1. The van der Waals surface area contributed by atoms with E-state index in [1.54, 1.807) is 32.0 Å². The zero-order chi connectivity index (χ0) is 13.2. The molecule has 0 bridgehead atoms. The molecule has 0 heterocycles. The summed E-state index contributed by atoms with van der Waals surface area (Å²) in [6, 6.07) is 4.54. The van der Waals surface area contributed by atoms with E-state index in [0.29, 0.717) is 5.56 Å². The van der Waals surface area contributed by atoms with Gasteiger partial charge in [0.25, 0.3) is 0 Å². The highest BCUT2D eigenvalue weighted by molar-refractivity contribution is 5.80. The lowest BCUT2D eigenvalue weighted by molar-refractivity contribution is -0.149. The Kier molecular flexibility index (Phi) is 3.63. The molecule has 5 nitrogen and oxygen atoms in total. The van der Waals surface area contributed by atoms with Crippen molar-refractivity contribution in [2.45, 2.75) is 12.5 Å². The SMILES string of the molecule is COc1cc(C(C)(C(=O)O)N(C)C)ccc1O. The smallest absolute Gasteiger partial charge is 0.328 e. The molecule has 0 saturated heterocycles. The summed E-state index contributed by atoms with van der Waals surface area (Å²) in [6.07, 6.45) is 0. The number of carbonyl (C=O) groups is 1. The van der Waals surface area contributed by atoms with Crippen molar-refractivity contribution in [2.24, 2.45) is 0 Å². The van der Waals surface area contributed by atoms with Gasteiger partial charge in [-0.05, 0) is 38.7 Å². The van der Waals surface area contributed by atoms with Crippen molar-refractivity contribution in [3.8, 4) is 11.5 Å². The first kappa shape index (κ1) is 13.3. The van der Waals surface area contributed by atoms with Crippen molar-refractivity contribution in [1.82, 2.24) is 4.90 Å². The molecule has 0 aliphatic carbocycles. The molecular weight excluding hydrogens is 222 g/mol. The maximum atomic E-state index is 11.4. The average Bonchev–Trinajstić information content (AvgIpc) is 2.28. The first-order chi connectivity index (χ1) is 7.83. The number of aliphatic carboxylic acids is 1. The van der Waals surface area contributed by atoms with Crippen LogP contribution < -0.4 is 4.74 Å². The number of methoxy groups -OCH3 is 1. The van der Waals surface area contributed by atoms with E-state index in [4.69, 9.17) is 4.74 Å². The van der Waals surface area contributed by atoms with Crippen LogP contribution in [0.2, 0.25) is 0 Å². The Hall–Kier alpha value is -1.75. The van der Waals surface area contributed by atoms with Gasteiger partial charge in [0.1, 0.15) is 5.54 Å². The number of carboxylic acid groups (broad SMARTS) is 1. The number of phenolic OH excluding ortho intramolecular Hbond substituents is 1. The highest BCUT2D eigenvalue weighted by Crippen LogP contribution is 2.33. The van der Waals surface area contributed by atoms with E-state index in [0.717, 1.165) is 0 Å². The Morgan fingerprint density at radius 2 is 2.00 bits per heavy atom. The van der Waals surface area contributed by atoms with Gasteiger partial charge in [0.2, 0.25) is 0 Å². The quantitative estimate of drug-likeness (QED) is 0.827. The standard InChI is InChI=1S/C12H17NO4/c1-12(11(15)16,13(2)3)8-5-6-9(14)10(7-8)17-4/h5-7,14H,1-4H3,(H,15,16). The lowest BCUT2D eigenvalue weighted by Crippen LogP contribution is -2.45. The third-order valence-electron chi connectivity index (χ3n) is 3.05. The molecule has 0 spiro atoms. The summed E-state index contributed by atoms with van der Waals surface area (Å²) in [7, 11) is 4.80. The van der Waals surface area contributed by atoms with Gasteiger partial charge >= 0.3 is 5.97 Å². The van der Waals surface area contributed by atoms with Crippen LogP contribution in [0.15, 0.2) is 18.2 Å². The minimum absolute atomic E-state index is 0.0113. The monoisotopic (exact) mass is 239 g/mol. The van der Waals surface area contributed by atoms with Crippen LogP contribution in [0.5, 0.6) is 11.5 Å². The molecule has 0 aromatic heterocycles. The topological polar surface area (TPSA) is 70.0 Å². The number of phenols is 1. The maximum absolute atomic E-state index is 11.4. The van der Waals surface area contributed by atoms with Crippen LogP contribution in [0.3, 0.4) is 0 Å². The molecule has 1 unspecified atom stereocenters. The molecule has 1 aromatic carbocycles. The molecule has 0 aliphatic rings. The van der Waals surface area contributed by atoms with Crippen molar-refractivity contribution >= 4 is 5.97 Å². The van der Waals surface area contributed by atoms with Crippen LogP contribution >= 0.6 is 0 Å². The summed E-state index contributed by atoms with van der Waals surface area (Å²) in [5.74, 6) is -0.713. The van der Waals surface area contributed by atoms with Gasteiger partial charge in [0.15, 0.2) is 11.5 Å². The predicted molar refractivity (Wildman–Crippen MR) is 63.3 cm³/mol. The first-order valence-corrected chi connectivity index (χ1v) is 5.12. The molecule has 1 aromatic rings. The molecule has 1 atom stereocenters. The van der Waals surface area contributed by atoms with E-state index in [9.17, 15) is 15.0 Å². The zero-order valence-corrected chi connectivity index (χ0v) is 10.4. The summed E-state index contributed by atoms with van der Waals surface area (Å²) < 4.78 is 4.98. The van der Waals surface area contributed by atoms with Crippen LogP contribution in [0.4, 0.5) is 0 Å². The van der Waals surface area contributed by atoms with E-state index in [1.165, 1.54) is 19.2 Å². The summed E-state index contributed by atoms with van der Waals surface area (Å²) >= 11 is 0. The van der Waals surface area contributed by atoms with Gasteiger partial charge in [0.05, 0.1) is 7.11 Å². The van der Waals surface area contributed by atoms with Crippen molar-refractivity contribution in [3.05, 3.63) is 23.8 Å². The van der Waals surface area contributed by atoms with Crippen molar-refractivity contribution in [1.29, 1.82) is 0 Å². The number of hydrogen-bond acceptors (Lipinski definition) is 4. The highest BCUT2D eigenvalue weighted by Gasteiger charge is 2.38. The molecule has 2 N–H and O–H groups in total. The Labute approximate surface area is 100 Å². The number of ether oxygens (including phenoxy) is 1. The molecule has 1 rings (SSSR count). The van der Waals surface area contributed by atoms with Crippen molar-refractivity contribution in [2.75, 3.05) is 21.2 Å². The van der Waals surface area contributed by atoms with E-state index >= 15 is 0 Å². The number of benzene rings is 1. The Morgan fingerprint density at radius 1 is 1.41 bits per heavy atom. The molecule has 5 heteroatoms. The molecule has 94 valence electrons. The summed E-state index contributed by atoms with van der Waals surface area (Å²) in [5, 5.41) is 18.8. The third kappa shape index (κ3) is 2.19. The summed E-state index contributed by atoms with van der Waals surface area (Å²) in [6.45, 7) is 1.60. The van der Waals surface area contributed by atoms with E-state index in [-0.39, 0.29) is 11.5 Å². The van der Waals surface area contributed by atoms with Crippen LogP contribution in [-0.4, -0.2) is 42.3 Å². The third-order valence-corrected chi connectivity index (χ3v) is 3.05. The summed E-state index contributed by atoms with van der Waals surface area (Å²) in [5.41, 5.74) is -0.620. The molecular formula is C12H17NO4. The Balaban J connectivity index is 3.35. The number of rotatable bonds is 4. The number of likely N-dealkylation sites (N-methyl/N-ethyl adjacent to an activating group) is 1. The lowest BCUT2D eigenvalue weighted by Gasteiger charge is -2.32. The van der Waals surface area contributed by atoms with Crippen LogP contribution in [0.1, 0.15) is 12.5 Å². The molecule has 0 fully saturated rings. The first-order valence-electron chi connectivity index (χ1n) is 5.12. The van der Waals surface area contributed by atoms with Gasteiger partial charge in [-0.25, -0.2) is 4.79 Å². The minimum atomic E-state index is -1.17. The normalized spacial score (nSPS) is 14.4. The van der Waals surface area contributed by atoms with E-state index < -0.39 is 11.5 Å². The lowest BCUT2D eigenvalue weighted by atomic mass is 9.90. The molecule has 0 radical (unpaired) electrons. The Bertz CT molecular complexity index is 431. The van der Waals surface area contributed by atoms with E-state index in [1.807, 2.05) is 0 Å². The minimum Gasteiger partial charge on any atom is -0.504 e. The van der Waals surface area contributed by atoms with Gasteiger partial charge in [-0.3, -0.25) is 4.90 Å². The maximum Gasteiger partial charge on any atom is 0.328 e. The molecule has 0 amide bonds. The summed E-state index contributed by atoms with van der Waals surface area (Å²) in [4.78, 5) is 13.0. The fraction of sp³-hybridized carbons (Fsp3) is 0.417. The number of carboxylic acids is 1. The largest absolute Gasteiger partial charge is 0.504 e. The molecule has 0 saturated carbocycles. The van der Waals surface area contributed by atoms with Gasteiger partial charge in [0, 0.05) is 0 Å². The second-order valence-corrected chi connectivity index (χ2v) is 4.16. The van der Waals surface area contributed by atoms with Gasteiger partial charge in [-0.15, -0.1) is 0 Å². The van der Waals surface area contributed by atoms with Gasteiger partial charge in [-0.2, -0.15) is 0 Å². The van der Waals surface area contributed by atoms with Crippen molar-refractivity contribution in [3.63, 3.8) is 0 Å². The molecule has 0 aliphatic heterocycles. The number of aromatic hydroxyl groups is 1. The van der Waals surface area contributed by atoms with Crippen LogP contribution in [0, 0.1) is 0 Å². The number of hydrogen-bond donors (Lipinski definition) is 2. The van der Waals surface area contributed by atoms with Gasteiger partial charge in [-0.1, -0.05) is 6.07 Å².